The van der Waals surface area contributed by atoms with E-state index in [1.165, 1.54) is 14.2 Å². The summed E-state index contributed by atoms with van der Waals surface area (Å²) >= 11 is 0. The van der Waals surface area contributed by atoms with Gasteiger partial charge in [0.05, 0.1) is 38.7 Å². The van der Waals surface area contributed by atoms with Crippen molar-refractivity contribution in [1.82, 2.24) is 0 Å². The van der Waals surface area contributed by atoms with Crippen molar-refractivity contribution in [1.29, 1.82) is 0 Å². The van der Waals surface area contributed by atoms with E-state index in [2.05, 4.69) is 39.0 Å². The number of carbonyl (C=O) groups excluding carboxylic acids is 2. The monoisotopic (exact) mass is 589 g/mol. The molecular formula is C30H43NO9Si. The van der Waals surface area contributed by atoms with Crippen molar-refractivity contribution in [2.24, 2.45) is 16.5 Å². The van der Waals surface area contributed by atoms with Gasteiger partial charge in [-0.25, -0.2) is 4.79 Å². The zero-order valence-electron chi connectivity index (χ0n) is 25.5. The molecule has 226 valence electrons. The molecule has 1 aromatic rings. The average Bonchev–Trinajstić information content (AvgIpc) is 3.44. The number of benzene rings is 1. The predicted octanol–water partition coefficient (Wildman–Crippen LogP) is 4.36. The van der Waals surface area contributed by atoms with Crippen LogP contribution in [0.5, 0.6) is 0 Å². The summed E-state index contributed by atoms with van der Waals surface area (Å²) in [6, 6.07) is 9.80. The Labute approximate surface area is 243 Å². The first-order valence-electron chi connectivity index (χ1n) is 14.3. The highest BCUT2D eigenvalue weighted by molar-refractivity contribution is 6.74. The Balaban J connectivity index is 1.72. The third-order valence-electron chi connectivity index (χ3n) is 9.65. The molecule has 41 heavy (non-hydrogen) atoms. The molecule has 4 aliphatic rings. The van der Waals surface area contributed by atoms with Gasteiger partial charge >= 0.3 is 11.9 Å². The first-order valence-corrected chi connectivity index (χ1v) is 17.2. The van der Waals surface area contributed by atoms with Crippen LogP contribution in [0.15, 0.2) is 35.5 Å². The Hall–Kier alpha value is -2.31. The maximum absolute atomic E-state index is 14.3. The minimum absolute atomic E-state index is 0.236. The van der Waals surface area contributed by atoms with Crippen LogP contribution in [0.4, 0.5) is 0 Å². The van der Waals surface area contributed by atoms with Gasteiger partial charge in [0.25, 0.3) is 5.60 Å². The number of rotatable bonds is 7. The third-order valence-corrected chi connectivity index (χ3v) is 14.1. The van der Waals surface area contributed by atoms with E-state index in [1.807, 2.05) is 44.2 Å². The van der Waals surface area contributed by atoms with Crippen LogP contribution >= 0.6 is 0 Å². The van der Waals surface area contributed by atoms with Gasteiger partial charge in [-0.15, -0.1) is 0 Å². The second-order valence-electron chi connectivity index (χ2n) is 13.4. The van der Waals surface area contributed by atoms with Crippen LogP contribution in [0.2, 0.25) is 18.1 Å². The Morgan fingerprint density at radius 2 is 1.66 bits per heavy atom. The summed E-state index contributed by atoms with van der Waals surface area (Å²) < 4.78 is 37.7. The molecule has 0 N–H and O–H groups in total. The Kier molecular flexibility index (Phi) is 7.47. The molecular weight excluding hydrogens is 546 g/mol. The molecule has 2 aliphatic carbocycles. The number of methoxy groups -OCH3 is 2. The number of fused-ring (bicyclic) bond motifs is 2. The molecule has 0 amide bonds. The van der Waals surface area contributed by atoms with E-state index in [0.717, 1.165) is 5.56 Å². The molecule has 7 atom stereocenters. The average molecular weight is 590 g/mol. The SMILES string of the molecule is COC(=O)[C@@]12C3=NO[C@]1(C(=O)OC)[C@@H](O[Si](C)(C)C(C)(C)C)[C@H]1OC(C)(C)O[C@H]1[C@@H]2[C@@H](OCc1ccccc1)CC3. The topological polar surface area (TPSA) is 111 Å². The molecule has 0 aromatic heterocycles. The number of nitrogens with zero attached hydrogens (tertiary/aromatic N) is 1. The largest absolute Gasteiger partial charge is 0.468 e. The normalized spacial score (nSPS) is 35.5. The van der Waals surface area contributed by atoms with Gasteiger partial charge in [-0.3, -0.25) is 4.79 Å². The molecule has 11 heteroatoms. The summed E-state index contributed by atoms with van der Waals surface area (Å²) in [6.45, 7) is 14.4. The van der Waals surface area contributed by atoms with Crippen molar-refractivity contribution >= 4 is 26.0 Å². The van der Waals surface area contributed by atoms with E-state index in [9.17, 15) is 9.59 Å². The van der Waals surface area contributed by atoms with Crippen LogP contribution in [-0.2, 0) is 49.1 Å². The number of esters is 2. The van der Waals surface area contributed by atoms with Crippen molar-refractivity contribution in [3.63, 3.8) is 0 Å². The fraction of sp³-hybridized carbons (Fsp3) is 0.700. The number of oxime groups is 1. The van der Waals surface area contributed by atoms with Gasteiger partial charge in [-0.1, -0.05) is 56.3 Å². The van der Waals surface area contributed by atoms with Crippen LogP contribution in [0.3, 0.4) is 0 Å². The minimum atomic E-state index is -2.61. The summed E-state index contributed by atoms with van der Waals surface area (Å²) in [5.74, 6) is -3.20. The molecule has 0 bridgehead atoms. The van der Waals surface area contributed by atoms with E-state index in [4.69, 9.17) is 32.9 Å². The van der Waals surface area contributed by atoms with E-state index in [-0.39, 0.29) is 5.04 Å². The van der Waals surface area contributed by atoms with Gasteiger partial charge in [0.1, 0.15) is 12.2 Å². The lowest BCUT2D eigenvalue weighted by atomic mass is 9.48. The highest BCUT2D eigenvalue weighted by atomic mass is 28.4. The van der Waals surface area contributed by atoms with Gasteiger partial charge in [0, 0.05) is 5.92 Å². The lowest BCUT2D eigenvalue weighted by Gasteiger charge is -2.58. The smallest absolute Gasteiger partial charge is 0.357 e. The molecule has 2 saturated carbocycles. The molecule has 10 nitrogen and oxygen atoms in total. The molecule has 0 unspecified atom stereocenters. The molecule has 1 aromatic carbocycles. The second kappa shape index (κ2) is 10.2. The summed E-state index contributed by atoms with van der Waals surface area (Å²) in [6.07, 6.45) is -2.17. The first-order chi connectivity index (χ1) is 19.2. The Morgan fingerprint density at radius 3 is 2.27 bits per heavy atom. The number of carbonyl (C=O) groups is 2. The van der Waals surface area contributed by atoms with E-state index in [0.29, 0.717) is 25.2 Å². The fourth-order valence-corrected chi connectivity index (χ4v) is 8.13. The number of ether oxygens (including phenoxy) is 5. The third kappa shape index (κ3) is 4.38. The van der Waals surface area contributed by atoms with Crippen LogP contribution in [0.1, 0.15) is 53.0 Å². The van der Waals surface area contributed by atoms with E-state index < -0.39 is 67.4 Å². The summed E-state index contributed by atoms with van der Waals surface area (Å²) in [4.78, 5) is 34.7. The Bertz CT molecular complexity index is 1210. The standard InChI is InChI=1S/C30H43NO9Si/c1-27(2,3)41(8,9)39-24-23-22(37-28(4,5)38-23)21-19(36-17-18-13-11-10-12-14-18)15-16-20-29(21,25(32)34-6)30(24,40-31-20)26(33)35-7/h10-14,19,21-24H,15-17H2,1-9H3/t19-,21-,22-,23-,24-,29-,30-/m0/s1. The van der Waals surface area contributed by atoms with Crippen molar-refractivity contribution in [2.45, 2.75) is 108 Å². The lowest BCUT2D eigenvalue weighted by molar-refractivity contribution is -0.256. The van der Waals surface area contributed by atoms with Gasteiger partial charge in [-0.2, -0.15) is 0 Å². The van der Waals surface area contributed by atoms with Crippen molar-refractivity contribution in [3.8, 4) is 0 Å². The predicted molar refractivity (Wildman–Crippen MR) is 151 cm³/mol. The zero-order valence-corrected chi connectivity index (χ0v) is 26.5. The first kappa shape index (κ1) is 30.2. The molecule has 2 heterocycles. The van der Waals surface area contributed by atoms with Gasteiger partial charge in [0.15, 0.2) is 19.5 Å². The minimum Gasteiger partial charge on any atom is -0.468 e. The van der Waals surface area contributed by atoms with E-state index in [1.54, 1.807) is 0 Å². The molecule has 2 aliphatic heterocycles. The number of hydrogen-bond acceptors (Lipinski definition) is 10. The highest BCUT2D eigenvalue weighted by Crippen LogP contribution is 2.64. The quantitative estimate of drug-likeness (QED) is 0.338. The van der Waals surface area contributed by atoms with Crippen LogP contribution in [-0.4, -0.2) is 76.0 Å². The molecule has 0 radical (unpaired) electrons. The van der Waals surface area contributed by atoms with Crippen molar-refractivity contribution in [3.05, 3.63) is 35.9 Å². The molecule has 0 spiro atoms. The van der Waals surface area contributed by atoms with Crippen LogP contribution in [0.25, 0.3) is 0 Å². The van der Waals surface area contributed by atoms with Crippen LogP contribution in [0, 0.1) is 11.3 Å². The summed E-state index contributed by atoms with van der Waals surface area (Å²) in [5.41, 5.74) is -2.33. The van der Waals surface area contributed by atoms with Gasteiger partial charge in [0.2, 0.25) is 0 Å². The fourth-order valence-electron chi connectivity index (χ4n) is 6.84. The second-order valence-corrected chi connectivity index (χ2v) is 18.2. The summed E-state index contributed by atoms with van der Waals surface area (Å²) in [7, 11) is -0.0334. The highest BCUT2D eigenvalue weighted by Gasteiger charge is 2.86. The van der Waals surface area contributed by atoms with Crippen molar-refractivity contribution in [2.75, 3.05) is 14.2 Å². The van der Waals surface area contributed by atoms with Crippen LogP contribution < -0.4 is 0 Å². The lowest BCUT2D eigenvalue weighted by Crippen LogP contribution is -2.80. The molecule has 1 saturated heterocycles. The maximum Gasteiger partial charge on any atom is 0.357 e. The number of hydrogen-bond donors (Lipinski definition) is 0. The van der Waals surface area contributed by atoms with Crippen molar-refractivity contribution < 1.29 is 42.5 Å². The Morgan fingerprint density at radius 1 is 1.02 bits per heavy atom. The molecule has 5 rings (SSSR count). The summed E-state index contributed by atoms with van der Waals surface area (Å²) in [5, 5.41) is 4.19. The van der Waals surface area contributed by atoms with Gasteiger partial charge < -0.3 is 32.9 Å². The zero-order chi connectivity index (χ0) is 30.0. The van der Waals surface area contributed by atoms with E-state index >= 15 is 0 Å². The van der Waals surface area contributed by atoms with Gasteiger partial charge in [-0.05, 0) is 50.4 Å². The molecule has 3 fully saturated rings. The maximum atomic E-state index is 14.3.